The highest BCUT2D eigenvalue weighted by atomic mass is 35.5. The summed E-state index contributed by atoms with van der Waals surface area (Å²) in [7, 11) is -2.86. The van der Waals surface area contributed by atoms with Gasteiger partial charge in [0.2, 0.25) is 5.91 Å². The number of hydrogen-bond acceptors (Lipinski definition) is 5. The molecule has 0 aliphatic carbocycles. The maximum absolute atomic E-state index is 13.6. The van der Waals surface area contributed by atoms with Gasteiger partial charge in [-0.3, -0.25) is 9.10 Å². The van der Waals surface area contributed by atoms with Crippen molar-refractivity contribution in [2.75, 3.05) is 49.0 Å². The monoisotopic (exact) mass is 567 g/mol. The molecule has 1 aliphatic rings. The Balaban J connectivity index is 1.61. The predicted octanol–water partition coefficient (Wildman–Crippen LogP) is 4.91. The Hall–Kier alpha value is -3.44. The van der Waals surface area contributed by atoms with E-state index in [1.54, 1.807) is 13.2 Å². The quantitative estimate of drug-likeness (QED) is 0.406. The molecule has 0 saturated carbocycles. The van der Waals surface area contributed by atoms with Crippen LogP contribution in [0.25, 0.3) is 0 Å². The van der Waals surface area contributed by atoms with Crippen LogP contribution in [0.15, 0.2) is 77.7 Å². The lowest BCUT2D eigenvalue weighted by Crippen LogP contribution is -2.52. The van der Waals surface area contributed by atoms with Gasteiger partial charge < -0.3 is 14.5 Å². The van der Waals surface area contributed by atoms with Crippen LogP contribution >= 0.6 is 11.6 Å². The van der Waals surface area contributed by atoms with Crippen LogP contribution in [0.3, 0.4) is 0 Å². The van der Waals surface area contributed by atoms with Crippen molar-refractivity contribution in [1.29, 1.82) is 0 Å². The molecule has 7 nitrogen and oxygen atoms in total. The molecule has 38 heavy (non-hydrogen) atoms. The van der Waals surface area contributed by atoms with Gasteiger partial charge in [-0.15, -0.1) is 0 Å². The fourth-order valence-corrected chi connectivity index (χ4v) is 5.93. The molecule has 1 fully saturated rings. The van der Waals surface area contributed by atoms with E-state index in [1.807, 2.05) is 29.2 Å². The molecule has 0 aromatic heterocycles. The van der Waals surface area contributed by atoms with Gasteiger partial charge >= 0.3 is 6.18 Å². The summed E-state index contributed by atoms with van der Waals surface area (Å²) in [5, 5.41) is -0.230. The third kappa shape index (κ3) is 5.83. The van der Waals surface area contributed by atoms with Crippen molar-refractivity contribution in [3.63, 3.8) is 0 Å². The SMILES string of the molecule is COc1ccccc1N1CCN(C(=O)CN(c2cc(C(F)(F)F)ccc2Cl)S(=O)(=O)c2ccccc2)CC1. The second kappa shape index (κ2) is 11.1. The maximum atomic E-state index is 13.6. The second-order valence-electron chi connectivity index (χ2n) is 8.53. The molecule has 0 bridgehead atoms. The van der Waals surface area contributed by atoms with E-state index in [1.165, 1.54) is 29.2 Å². The van der Waals surface area contributed by atoms with Crippen molar-refractivity contribution in [2.24, 2.45) is 0 Å². The number of nitrogens with zero attached hydrogens (tertiary/aromatic N) is 3. The van der Waals surface area contributed by atoms with Crippen LogP contribution in [-0.2, 0) is 21.0 Å². The minimum absolute atomic E-state index is 0.178. The molecule has 0 N–H and O–H groups in total. The van der Waals surface area contributed by atoms with Gasteiger partial charge in [0, 0.05) is 26.2 Å². The van der Waals surface area contributed by atoms with Crippen molar-refractivity contribution < 1.29 is 31.1 Å². The summed E-state index contributed by atoms with van der Waals surface area (Å²) in [5.41, 5.74) is -0.638. The molecule has 0 radical (unpaired) electrons. The van der Waals surface area contributed by atoms with Crippen molar-refractivity contribution in [2.45, 2.75) is 11.1 Å². The summed E-state index contributed by atoms with van der Waals surface area (Å²) >= 11 is 6.20. The molecule has 3 aromatic carbocycles. The number of para-hydroxylation sites is 2. The minimum Gasteiger partial charge on any atom is -0.495 e. The summed E-state index contributed by atoms with van der Waals surface area (Å²) < 4.78 is 73.6. The van der Waals surface area contributed by atoms with E-state index in [-0.39, 0.29) is 23.0 Å². The maximum Gasteiger partial charge on any atom is 0.416 e. The van der Waals surface area contributed by atoms with Gasteiger partial charge in [0.05, 0.1) is 34.0 Å². The first kappa shape index (κ1) is 27.6. The number of hydrogen-bond donors (Lipinski definition) is 0. The van der Waals surface area contributed by atoms with Gasteiger partial charge in [-0.05, 0) is 42.5 Å². The van der Waals surface area contributed by atoms with E-state index in [9.17, 15) is 26.4 Å². The normalized spacial score (nSPS) is 14.3. The number of piperazine rings is 1. The van der Waals surface area contributed by atoms with Crippen LogP contribution in [0.1, 0.15) is 5.56 Å². The van der Waals surface area contributed by atoms with E-state index in [0.717, 1.165) is 17.8 Å². The average Bonchev–Trinajstić information content (AvgIpc) is 2.92. The number of sulfonamides is 1. The lowest BCUT2D eigenvalue weighted by atomic mass is 10.2. The molecule has 1 heterocycles. The molecular formula is C26H25ClF3N3O4S. The van der Waals surface area contributed by atoms with Gasteiger partial charge in [-0.2, -0.15) is 13.2 Å². The Morgan fingerprint density at radius 1 is 0.974 bits per heavy atom. The molecule has 3 aromatic rings. The van der Waals surface area contributed by atoms with Crippen LogP contribution in [0.5, 0.6) is 5.75 Å². The van der Waals surface area contributed by atoms with E-state index in [0.29, 0.717) is 29.2 Å². The van der Waals surface area contributed by atoms with Crippen LogP contribution < -0.4 is 13.9 Å². The Bertz CT molecular complexity index is 1400. The molecular weight excluding hydrogens is 543 g/mol. The van der Waals surface area contributed by atoms with Crippen molar-refractivity contribution in [3.8, 4) is 5.75 Å². The Labute approximate surface area is 224 Å². The summed E-state index contributed by atoms with van der Waals surface area (Å²) in [6.45, 7) is 0.773. The highest BCUT2D eigenvalue weighted by Crippen LogP contribution is 2.37. The number of benzene rings is 3. The predicted molar refractivity (Wildman–Crippen MR) is 139 cm³/mol. The van der Waals surface area contributed by atoms with E-state index >= 15 is 0 Å². The smallest absolute Gasteiger partial charge is 0.416 e. The molecule has 4 rings (SSSR count). The minimum atomic E-state index is -4.74. The number of alkyl halides is 3. The topological polar surface area (TPSA) is 70.2 Å². The molecule has 202 valence electrons. The summed E-state index contributed by atoms with van der Waals surface area (Å²) in [5.74, 6) is 0.129. The highest BCUT2D eigenvalue weighted by Gasteiger charge is 2.35. The number of carbonyl (C=O) groups is 1. The lowest BCUT2D eigenvalue weighted by Gasteiger charge is -2.37. The van der Waals surface area contributed by atoms with Gasteiger partial charge in [0.1, 0.15) is 12.3 Å². The standard InChI is InChI=1S/C26H25ClF3N3O4S/c1-37-24-10-6-5-9-22(24)31-13-15-32(16-14-31)25(34)18-33(38(35,36)20-7-3-2-4-8-20)23-17-19(26(28,29)30)11-12-21(23)27/h2-12,17H,13-16,18H2,1H3. The van der Waals surface area contributed by atoms with Crippen LogP contribution in [0, 0.1) is 0 Å². The molecule has 12 heteroatoms. The summed E-state index contributed by atoms with van der Waals surface area (Å²) in [6, 6.07) is 17.0. The zero-order valence-electron chi connectivity index (χ0n) is 20.4. The number of halogens is 4. The average molecular weight is 568 g/mol. The Morgan fingerprint density at radius 2 is 1.61 bits per heavy atom. The van der Waals surface area contributed by atoms with Crippen molar-refractivity contribution in [3.05, 3.63) is 83.4 Å². The number of anilines is 2. The van der Waals surface area contributed by atoms with E-state index in [2.05, 4.69) is 0 Å². The fourth-order valence-electron chi connectivity index (χ4n) is 4.21. The summed E-state index contributed by atoms with van der Waals surface area (Å²) in [4.78, 5) is 16.7. The van der Waals surface area contributed by atoms with E-state index < -0.39 is 39.9 Å². The van der Waals surface area contributed by atoms with Gasteiger partial charge in [-0.1, -0.05) is 41.9 Å². The lowest BCUT2D eigenvalue weighted by molar-refractivity contribution is -0.137. The molecule has 1 saturated heterocycles. The molecule has 0 spiro atoms. The molecule has 0 unspecified atom stereocenters. The number of rotatable bonds is 7. The van der Waals surface area contributed by atoms with Crippen molar-refractivity contribution >= 4 is 38.9 Å². The van der Waals surface area contributed by atoms with Crippen LogP contribution in [0.2, 0.25) is 5.02 Å². The number of carbonyl (C=O) groups excluding carboxylic acids is 1. The highest BCUT2D eigenvalue weighted by molar-refractivity contribution is 7.92. The first-order chi connectivity index (χ1) is 18.0. The fraction of sp³-hybridized carbons (Fsp3) is 0.269. The van der Waals surface area contributed by atoms with E-state index in [4.69, 9.17) is 16.3 Å². The van der Waals surface area contributed by atoms with Crippen molar-refractivity contribution in [1.82, 2.24) is 4.90 Å². The first-order valence-electron chi connectivity index (χ1n) is 11.6. The Morgan fingerprint density at radius 3 is 2.24 bits per heavy atom. The zero-order chi connectivity index (χ0) is 27.5. The molecule has 1 amide bonds. The van der Waals surface area contributed by atoms with Gasteiger partial charge in [0.25, 0.3) is 10.0 Å². The van der Waals surface area contributed by atoms with Crippen LogP contribution in [-0.4, -0.2) is 59.1 Å². The number of amides is 1. The van der Waals surface area contributed by atoms with Gasteiger partial charge in [-0.25, -0.2) is 8.42 Å². The largest absolute Gasteiger partial charge is 0.495 e. The Kier molecular flexibility index (Phi) is 8.08. The third-order valence-electron chi connectivity index (χ3n) is 6.21. The zero-order valence-corrected chi connectivity index (χ0v) is 21.9. The summed E-state index contributed by atoms with van der Waals surface area (Å²) in [6.07, 6.45) is -4.74. The number of ether oxygens (including phenoxy) is 1. The van der Waals surface area contributed by atoms with Gasteiger partial charge in [0.15, 0.2) is 0 Å². The third-order valence-corrected chi connectivity index (χ3v) is 8.30. The second-order valence-corrected chi connectivity index (χ2v) is 10.8. The molecule has 1 aliphatic heterocycles. The first-order valence-corrected chi connectivity index (χ1v) is 13.4. The number of methoxy groups -OCH3 is 1. The molecule has 0 atom stereocenters. The van der Waals surface area contributed by atoms with Crippen LogP contribution in [0.4, 0.5) is 24.5 Å².